The topological polar surface area (TPSA) is 46.3 Å². The van der Waals surface area contributed by atoms with Gasteiger partial charge in [0.15, 0.2) is 5.58 Å². The van der Waals surface area contributed by atoms with Gasteiger partial charge in [0.05, 0.1) is 6.54 Å². The number of benzene rings is 3. The first-order valence-corrected chi connectivity index (χ1v) is 9.79. The van der Waals surface area contributed by atoms with Crippen molar-refractivity contribution in [2.24, 2.45) is 0 Å². The summed E-state index contributed by atoms with van der Waals surface area (Å²) >= 11 is 3.48. The number of carbonyl (C=O) groups is 1. The van der Waals surface area contributed by atoms with Crippen LogP contribution in [0.4, 0.5) is 5.69 Å². The summed E-state index contributed by atoms with van der Waals surface area (Å²) in [6.45, 7) is 4.11. The van der Waals surface area contributed by atoms with Crippen LogP contribution in [0.3, 0.4) is 0 Å². The number of halogens is 1. The Labute approximate surface area is 171 Å². The zero-order valence-corrected chi connectivity index (χ0v) is 17.2. The molecule has 0 spiro atoms. The van der Waals surface area contributed by atoms with E-state index < -0.39 is 0 Å². The molecule has 0 aliphatic rings. The third-order valence-electron chi connectivity index (χ3n) is 4.59. The highest BCUT2D eigenvalue weighted by Crippen LogP contribution is 2.28. The zero-order chi connectivity index (χ0) is 19.7. The highest BCUT2D eigenvalue weighted by Gasteiger charge is 2.15. The van der Waals surface area contributed by atoms with Crippen LogP contribution < -0.4 is 4.90 Å². The Bertz CT molecular complexity index is 1150. The Kier molecular flexibility index (Phi) is 5.01. The van der Waals surface area contributed by atoms with Crippen LogP contribution in [-0.2, 0) is 11.3 Å². The summed E-state index contributed by atoms with van der Waals surface area (Å²) in [5.74, 6) is 0.551. The molecule has 1 amide bonds. The summed E-state index contributed by atoms with van der Waals surface area (Å²) in [7, 11) is 0. The molecule has 28 heavy (non-hydrogen) atoms. The third kappa shape index (κ3) is 3.85. The van der Waals surface area contributed by atoms with Crippen LogP contribution in [0.1, 0.15) is 18.1 Å². The molecule has 0 fully saturated rings. The first-order chi connectivity index (χ1) is 13.5. The van der Waals surface area contributed by atoms with E-state index in [2.05, 4.69) is 20.9 Å². The third-order valence-corrected chi connectivity index (χ3v) is 5.08. The predicted octanol–water partition coefficient (Wildman–Crippen LogP) is 6.12. The first-order valence-electron chi connectivity index (χ1n) is 9.00. The van der Waals surface area contributed by atoms with Gasteiger partial charge in [-0.1, -0.05) is 45.8 Å². The van der Waals surface area contributed by atoms with Crippen LogP contribution in [0.25, 0.3) is 22.6 Å². The number of anilines is 1. The number of aryl methyl sites for hydroxylation is 1. The highest BCUT2D eigenvalue weighted by molar-refractivity contribution is 9.10. The Morgan fingerprint density at radius 1 is 1.07 bits per heavy atom. The second kappa shape index (κ2) is 7.60. The van der Waals surface area contributed by atoms with Gasteiger partial charge in [-0.05, 0) is 55.0 Å². The highest BCUT2D eigenvalue weighted by atomic mass is 79.9. The van der Waals surface area contributed by atoms with Crippen LogP contribution in [-0.4, -0.2) is 10.9 Å². The fraction of sp³-hybridized carbons (Fsp3) is 0.130. The number of fused-ring (bicyclic) bond motifs is 1. The standard InChI is InChI=1S/C23H19BrN2O2/c1-15-6-8-18(9-7-15)23-25-21-13-20(10-11-22(21)28-23)26(16(2)27)14-17-4-3-5-19(24)12-17/h3-13H,14H2,1-2H3. The smallest absolute Gasteiger partial charge is 0.227 e. The largest absolute Gasteiger partial charge is 0.436 e. The molecular formula is C23H19BrN2O2. The van der Waals surface area contributed by atoms with E-state index in [1.807, 2.05) is 73.7 Å². The SMILES string of the molecule is CC(=O)N(Cc1cccc(Br)c1)c1ccc2oc(-c3ccc(C)cc3)nc2c1. The molecule has 0 N–H and O–H groups in total. The van der Waals surface area contributed by atoms with Gasteiger partial charge in [-0.2, -0.15) is 0 Å². The van der Waals surface area contributed by atoms with Gasteiger partial charge in [-0.15, -0.1) is 0 Å². The molecule has 0 saturated heterocycles. The van der Waals surface area contributed by atoms with Crippen LogP contribution >= 0.6 is 15.9 Å². The van der Waals surface area contributed by atoms with Gasteiger partial charge in [-0.25, -0.2) is 4.98 Å². The normalized spacial score (nSPS) is 11.0. The minimum Gasteiger partial charge on any atom is -0.436 e. The molecule has 5 heteroatoms. The molecule has 1 heterocycles. The summed E-state index contributed by atoms with van der Waals surface area (Å²) in [6, 6.07) is 21.7. The maximum absolute atomic E-state index is 12.3. The molecule has 3 aromatic carbocycles. The predicted molar refractivity (Wildman–Crippen MR) is 115 cm³/mol. The van der Waals surface area contributed by atoms with Crippen molar-refractivity contribution in [2.45, 2.75) is 20.4 Å². The van der Waals surface area contributed by atoms with Gasteiger partial charge in [0, 0.05) is 22.6 Å². The molecule has 4 rings (SSSR count). The lowest BCUT2D eigenvalue weighted by atomic mass is 10.1. The average Bonchev–Trinajstić information content (AvgIpc) is 3.09. The number of aromatic nitrogens is 1. The Balaban J connectivity index is 1.68. The molecule has 0 atom stereocenters. The lowest BCUT2D eigenvalue weighted by molar-refractivity contribution is -0.116. The number of oxazole rings is 1. The van der Waals surface area contributed by atoms with Crippen molar-refractivity contribution in [1.82, 2.24) is 4.98 Å². The van der Waals surface area contributed by atoms with Crippen molar-refractivity contribution in [3.63, 3.8) is 0 Å². The van der Waals surface area contributed by atoms with Crippen LogP contribution in [0.5, 0.6) is 0 Å². The summed E-state index contributed by atoms with van der Waals surface area (Å²) in [6.07, 6.45) is 0. The summed E-state index contributed by atoms with van der Waals surface area (Å²) in [5.41, 5.74) is 5.39. The summed E-state index contributed by atoms with van der Waals surface area (Å²) < 4.78 is 6.89. The molecular weight excluding hydrogens is 416 g/mol. The van der Waals surface area contributed by atoms with Crippen LogP contribution in [0.15, 0.2) is 75.6 Å². The number of hydrogen-bond acceptors (Lipinski definition) is 3. The molecule has 0 unspecified atom stereocenters. The number of rotatable bonds is 4. The van der Waals surface area contributed by atoms with E-state index in [9.17, 15) is 4.79 Å². The maximum Gasteiger partial charge on any atom is 0.227 e. The molecule has 140 valence electrons. The monoisotopic (exact) mass is 434 g/mol. The Morgan fingerprint density at radius 2 is 1.86 bits per heavy atom. The number of hydrogen-bond donors (Lipinski definition) is 0. The van der Waals surface area contributed by atoms with E-state index in [1.54, 1.807) is 11.8 Å². The number of carbonyl (C=O) groups excluding carboxylic acids is 1. The maximum atomic E-state index is 12.3. The van der Waals surface area contributed by atoms with Gasteiger partial charge in [0.25, 0.3) is 0 Å². The van der Waals surface area contributed by atoms with Crippen molar-refractivity contribution >= 4 is 38.6 Å². The number of nitrogens with zero attached hydrogens (tertiary/aromatic N) is 2. The van der Waals surface area contributed by atoms with Crippen molar-refractivity contribution < 1.29 is 9.21 Å². The van der Waals surface area contributed by atoms with Crippen LogP contribution in [0.2, 0.25) is 0 Å². The van der Waals surface area contributed by atoms with E-state index in [4.69, 9.17) is 4.42 Å². The second-order valence-corrected chi connectivity index (χ2v) is 7.69. The molecule has 4 aromatic rings. The minimum absolute atomic E-state index is 0.0263. The fourth-order valence-corrected chi connectivity index (χ4v) is 3.55. The zero-order valence-electron chi connectivity index (χ0n) is 15.6. The molecule has 1 aromatic heterocycles. The van der Waals surface area contributed by atoms with E-state index in [-0.39, 0.29) is 5.91 Å². The van der Waals surface area contributed by atoms with Crippen molar-refractivity contribution in [3.05, 3.63) is 82.3 Å². The van der Waals surface area contributed by atoms with Gasteiger partial charge >= 0.3 is 0 Å². The quantitative estimate of drug-likeness (QED) is 0.388. The summed E-state index contributed by atoms with van der Waals surface area (Å²) in [5, 5.41) is 0. The lowest BCUT2D eigenvalue weighted by Crippen LogP contribution is -2.27. The van der Waals surface area contributed by atoms with Crippen molar-refractivity contribution in [2.75, 3.05) is 4.90 Å². The molecule has 0 bridgehead atoms. The Morgan fingerprint density at radius 3 is 2.57 bits per heavy atom. The van der Waals surface area contributed by atoms with Crippen molar-refractivity contribution in [1.29, 1.82) is 0 Å². The van der Waals surface area contributed by atoms with E-state index in [0.717, 1.165) is 26.8 Å². The Hall–Kier alpha value is -2.92. The molecule has 0 aliphatic carbocycles. The van der Waals surface area contributed by atoms with Gasteiger partial charge in [-0.3, -0.25) is 4.79 Å². The molecule has 0 radical (unpaired) electrons. The lowest BCUT2D eigenvalue weighted by Gasteiger charge is -2.21. The van der Waals surface area contributed by atoms with E-state index in [1.165, 1.54) is 5.56 Å². The summed E-state index contributed by atoms with van der Waals surface area (Å²) in [4.78, 5) is 18.7. The average molecular weight is 435 g/mol. The first kappa shape index (κ1) is 18.4. The molecule has 0 aliphatic heterocycles. The fourth-order valence-electron chi connectivity index (χ4n) is 3.11. The second-order valence-electron chi connectivity index (χ2n) is 6.77. The van der Waals surface area contributed by atoms with Crippen LogP contribution in [0, 0.1) is 6.92 Å². The van der Waals surface area contributed by atoms with E-state index >= 15 is 0 Å². The molecule has 0 saturated carbocycles. The van der Waals surface area contributed by atoms with E-state index in [0.29, 0.717) is 18.0 Å². The van der Waals surface area contributed by atoms with Crippen molar-refractivity contribution in [3.8, 4) is 11.5 Å². The number of amides is 1. The minimum atomic E-state index is -0.0263. The van der Waals surface area contributed by atoms with Gasteiger partial charge in [0.1, 0.15) is 5.52 Å². The van der Waals surface area contributed by atoms with Gasteiger partial charge in [0.2, 0.25) is 11.8 Å². The van der Waals surface area contributed by atoms with Gasteiger partial charge < -0.3 is 9.32 Å². The molecule has 4 nitrogen and oxygen atoms in total.